The maximum absolute atomic E-state index is 12.7. The Bertz CT molecular complexity index is 801. The second kappa shape index (κ2) is 16.3. The smallest absolute Gasteiger partial charge is 0.329 e. The Morgan fingerprint density at radius 1 is 0.944 bits per heavy atom. The fraction of sp³-hybridized carbons (Fsp3) is 0.737. The largest absolute Gasteiger partial charge is 0.480 e. The topological polar surface area (TPSA) is 241 Å². The van der Waals surface area contributed by atoms with Crippen molar-refractivity contribution in [3.8, 4) is 0 Å². The second-order valence-electron chi connectivity index (χ2n) is 8.25. The third-order valence-corrected chi connectivity index (χ3v) is 5.52. The van der Waals surface area contributed by atoms with Gasteiger partial charge in [0.1, 0.15) is 18.1 Å². The lowest BCUT2D eigenvalue weighted by Gasteiger charge is -2.28. The molecule has 36 heavy (non-hydrogen) atoms. The molecule has 4 amide bonds. The third-order valence-electron chi connectivity index (χ3n) is 4.80. The van der Waals surface area contributed by atoms with Crippen LogP contribution in [-0.4, -0.2) is 104 Å². The molecule has 0 spiro atoms. The van der Waals surface area contributed by atoms with E-state index in [1.54, 1.807) is 0 Å². The molecule has 0 saturated heterocycles. The van der Waals surface area contributed by atoms with Gasteiger partial charge in [0.25, 0.3) is 5.91 Å². The predicted molar refractivity (Wildman–Crippen MR) is 134 cm³/mol. The van der Waals surface area contributed by atoms with Crippen molar-refractivity contribution >= 4 is 54.9 Å². The Labute approximate surface area is 218 Å². The maximum atomic E-state index is 12.7. The first-order valence-electron chi connectivity index (χ1n) is 10.8. The van der Waals surface area contributed by atoms with E-state index in [0.717, 1.165) is 6.92 Å². The first-order chi connectivity index (χ1) is 16.7. The molecule has 206 valence electrons. The summed E-state index contributed by atoms with van der Waals surface area (Å²) in [6.45, 7) is 3.97. The van der Waals surface area contributed by atoms with Crippen molar-refractivity contribution in [1.82, 2.24) is 21.0 Å². The zero-order valence-corrected chi connectivity index (χ0v) is 21.8. The minimum absolute atomic E-state index is 0.0850. The molecule has 6 atom stereocenters. The lowest BCUT2D eigenvalue weighted by Crippen LogP contribution is -2.61. The molecule has 0 saturated carbocycles. The van der Waals surface area contributed by atoms with Gasteiger partial charge in [-0.25, -0.2) is 4.79 Å². The summed E-state index contributed by atoms with van der Waals surface area (Å²) in [5.41, 5.74) is 5.76. The van der Waals surface area contributed by atoms with Crippen molar-refractivity contribution in [1.29, 1.82) is 0 Å². The van der Waals surface area contributed by atoms with E-state index in [9.17, 15) is 39.1 Å². The van der Waals surface area contributed by atoms with E-state index in [0.29, 0.717) is 6.42 Å². The van der Waals surface area contributed by atoms with Crippen molar-refractivity contribution in [2.45, 2.75) is 63.5 Å². The van der Waals surface area contributed by atoms with Crippen molar-refractivity contribution in [2.24, 2.45) is 16.9 Å². The molecule has 0 unspecified atom stereocenters. The van der Waals surface area contributed by atoms with Crippen LogP contribution in [0.3, 0.4) is 0 Å². The van der Waals surface area contributed by atoms with Gasteiger partial charge in [-0.15, -0.1) is 4.91 Å². The quantitative estimate of drug-likeness (QED) is 0.0532. The fourth-order valence-corrected chi connectivity index (χ4v) is 3.42. The molecule has 15 nitrogen and oxygen atoms in total. The molecule has 0 aromatic carbocycles. The number of hydrogen-bond donors (Lipinski definition) is 9. The Morgan fingerprint density at radius 2 is 1.50 bits per heavy atom. The van der Waals surface area contributed by atoms with Crippen molar-refractivity contribution in [2.75, 3.05) is 18.1 Å². The molecule has 0 aliphatic carbocycles. The van der Waals surface area contributed by atoms with Crippen molar-refractivity contribution in [3.05, 3.63) is 4.91 Å². The zero-order valence-electron chi connectivity index (χ0n) is 20.0. The molecule has 8 N–H and O–H groups in total. The van der Waals surface area contributed by atoms with E-state index in [-0.39, 0.29) is 10.9 Å². The molecule has 0 heterocycles. The van der Waals surface area contributed by atoms with Crippen molar-refractivity contribution in [3.63, 3.8) is 0 Å². The summed E-state index contributed by atoms with van der Waals surface area (Å²) in [7, 11) is 0. The molecule has 0 fully saturated rings. The van der Waals surface area contributed by atoms with Crippen LogP contribution in [0.5, 0.6) is 0 Å². The molecule has 0 bridgehead atoms. The van der Waals surface area contributed by atoms with Crippen LogP contribution < -0.4 is 21.7 Å². The zero-order chi connectivity index (χ0) is 28.2. The number of carbonyl (C=O) groups is 5. The van der Waals surface area contributed by atoms with Gasteiger partial charge in [0.05, 0.1) is 24.0 Å². The van der Waals surface area contributed by atoms with Crippen LogP contribution in [0.4, 0.5) is 0 Å². The van der Waals surface area contributed by atoms with Gasteiger partial charge >= 0.3 is 5.97 Å². The number of aliphatic hydroxyl groups excluding tert-OH is 2. The number of aliphatic hydroxyl groups is 2. The average molecular weight is 555 g/mol. The van der Waals surface area contributed by atoms with Crippen LogP contribution >= 0.6 is 25.3 Å². The minimum Gasteiger partial charge on any atom is -0.480 e. The normalized spacial score (nSPS) is 16.0. The highest BCUT2D eigenvalue weighted by molar-refractivity contribution is 7.80. The highest BCUT2D eigenvalue weighted by atomic mass is 32.1. The van der Waals surface area contributed by atoms with E-state index in [2.05, 4.69) is 46.5 Å². The van der Waals surface area contributed by atoms with Gasteiger partial charge in [0, 0.05) is 11.5 Å². The van der Waals surface area contributed by atoms with E-state index in [4.69, 9.17) is 10.8 Å². The van der Waals surface area contributed by atoms with Gasteiger partial charge in [-0.05, 0) is 19.3 Å². The van der Waals surface area contributed by atoms with Gasteiger partial charge in [-0.1, -0.05) is 13.8 Å². The number of nitrogens with zero attached hydrogens (tertiary/aromatic N) is 2. The number of rotatable bonds is 16. The van der Waals surface area contributed by atoms with Crippen LogP contribution in [0.15, 0.2) is 5.29 Å². The number of carbonyl (C=O) groups excluding carboxylic acids is 4. The van der Waals surface area contributed by atoms with Crippen LogP contribution in [0.2, 0.25) is 0 Å². The molecule has 17 heteroatoms. The number of hydrogen-bond acceptors (Lipinski definition) is 12. The Balaban J connectivity index is 5.52. The Morgan fingerprint density at radius 3 is 1.89 bits per heavy atom. The predicted octanol–water partition coefficient (Wildman–Crippen LogP) is -2.99. The summed E-state index contributed by atoms with van der Waals surface area (Å²) in [5, 5.41) is 37.8. The molecular weight excluding hydrogens is 520 g/mol. The standard InChI is InChI=1S/C19H34N6O9S2/c1-8(2)4-10(20)15(28)21-11(5-26)16(29)23-14(9(3)27)17(30)22-12(6-35)18(31)25(24-34)13(7-36)19(32)33/h8-14,26-27,35-36H,4-7,20H2,1-3H3,(H,21,28)(H,22,30)(H,23,29)(H,32,33)/t9-,10+,11+,12+,13+,14+/m1/s1. The summed E-state index contributed by atoms with van der Waals surface area (Å²) >= 11 is 7.69. The van der Waals surface area contributed by atoms with Crippen LogP contribution in [0.1, 0.15) is 27.2 Å². The average Bonchev–Trinajstić information content (AvgIpc) is 2.80. The van der Waals surface area contributed by atoms with E-state index in [1.165, 1.54) is 0 Å². The lowest BCUT2D eigenvalue weighted by atomic mass is 10.0. The van der Waals surface area contributed by atoms with Crippen LogP contribution in [0, 0.1) is 10.8 Å². The number of amides is 4. The van der Waals surface area contributed by atoms with Gasteiger partial charge < -0.3 is 37.0 Å². The van der Waals surface area contributed by atoms with Gasteiger partial charge in [0.15, 0.2) is 6.04 Å². The highest BCUT2D eigenvalue weighted by Crippen LogP contribution is 2.09. The fourth-order valence-electron chi connectivity index (χ4n) is 2.86. The van der Waals surface area contributed by atoms with Crippen LogP contribution in [0.25, 0.3) is 0 Å². The summed E-state index contributed by atoms with van der Waals surface area (Å²) in [6, 6.07) is -7.43. The molecule has 0 aromatic heterocycles. The van der Waals surface area contributed by atoms with E-state index < -0.39 is 84.0 Å². The van der Waals surface area contributed by atoms with Crippen LogP contribution in [-0.2, 0) is 24.0 Å². The number of nitrogens with two attached hydrogens (primary N) is 1. The number of aliphatic carboxylic acids is 1. The maximum Gasteiger partial charge on any atom is 0.329 e. The molecule has 0 aliphatic heterocycles. The Kier molecular flexibility index (Phi) is 15.2. The molecule has 0 radical (unpaired) electrons. The molecule has 0 aliphatic rings. The van der Waals surface area contributed by atoms with Gasteiger partial charge in [-0.2, -0.15) is 30.3 Å². The number of nitroso groups, excluding NO2 is 1. The number of thiol groups is 2. The first kappa shape index (κ1) is 33.5. The SMILES string of the molecule is CC(C)C[C@H](N)C(=O)N[C@@H](CO)C(=O)N[C@H](C(=O)N[C@@H](CS)C(=O)N(N=O)[C@@H](CS)C(=O)O)[C@@H](C)O. The molecule has 0 rings (SSSR count). The molecular formula is C19H34N6O9S2. The monoisotopic (exact) mass is 554 g/mol. The van der Waals surface area contributed by atoms with E-state index in [1.807, 2.05) is 13.8 Å². The van der Waals surface area contributed by atoms with Crippen molar-refractivity contribution < 1.29 is 39.3 Å². The first-order valence-corrected chi connectivity index (χ1v) is 12.1. The Hall–Kier alpha value is -2.47. The summed E-state index contributed by atoms with van der Waals surface area (Å²) < 4.78 is 0. The summed E-state index contributed by atoms with van der Waals surface area (Å²) in [5.74, 6) is -6.41. The minimum atomic E-state index is -1.72. The number of carboxylic acid groups (broad SMARTS) is 1. The van der Waals surface area contributed by atoms with Gasteiger partial charge in [0.2, 0.25) is 17.7 Å². The van der Waals surface area contributed by atoms with Gasteiger partial charge in [-0.3, -0.25) is 19.2 Å². The molecule has 0 aromatic rings. The summed E-state index contributed by atoms with van der Waals surface area (Å²) in [6.07, 6.45) is -1.21. The highest BCUT2D eigenvalue weighted by Gasteiger charge is 2.37. The number of carboxylic acids is 1. The van der Waals surface area contributed by atoms with E-state index >= 15 is 0 Å². The number of nitrogens with one attached hydrogen (secondary N) is 3. The third kappa shape index (κ3) is 10.3. The second-order valence-corrected chi connectivity index (χ2v) is 8.98. The summed E-state index contributed by atoms with van der Waals surface area (Å²) in [4.78, 5) is 72.5. The lowest BCUT2D eigenvalue weighted by molar-refractivity contribution is -0.150.